The van der Waals surface area contributed by atoms with Crippen LogP contribution in [0.3, 0.4) is 0 Å². The van der Waals surface area contributed by atoms with Gasteiger partial charge in [-0.1, -0.05) is 0 Å². The standard InChI is InChI=1S/C11H6ClF4NS/c12-4-7-5-18-10(17-7)8-3-6(11(14,15)16)1-2-9(8)13/h1-3,5H,4H2. The largest absolute Gasteiger partial charge is 0.416 e. The molecule has 2 aromatic rings. The highest BCUT2D eigenvalue weighted by Gasteiger charge is 2.31. The predicted octanol–water partition coefficient (Wildman–Crippen LogP) is 4.71. The molecule has 0 bridgehead atoms. The Morgan fingerprint density at radius 2 is 2.00 bits per heavy atom. The highest BCUT2D eigenvalue weighted by molar-refractivity contribution is 7.13. The molecule has 0 aliphatic rings. The molecule has 7 heteroatoms. The van der Waals surface area contributed by atoms with Gasteiger partial charge in [0.2, 0.25) is 0 Å². The highest BCUT2D eigenvalue weighted by Crippen LogP contribution is 2.34. The SMILES string of the molecule is Fc1ccc(C(F)(F)F)cc1-c1nc(CCl)cs1. The lowest BCUT2D eigenvalue weighted by Gasteiger charge is -2.08. The topological polar surface area (TPSA) is 12.9 Å². The zero-order chi connectivity index (χ0) is 13.3. The molecule has 0 fully saturated rings. The molecule has 0 N–H and O–H groups in total. The van der Waals surface area contributed by atoms with Gasteiger partial charge in [-0.05, 0) is 18.2 Å². The Hall–Kier alpha value is -1.14. The number of aromatic nitrogens is 1. The van der Waals surface area contributed by atoms with Crippen LogP contribution in [0.5, 0.6) is 0 Å². The summed E-state index contributed by atoms with van der Waals surface area (Å²) in [7, 11) is 0. The van der Waals surface area contributed by atoms with Crippen LogP contribution in [0.4, 0.5) is 17.6 Å². The molecule has 18 heavy (non-hydrogen) atoms. The molecular formula is C11H6ClF4NS. The summed E-state index contributed by atoms with van der Waals surface area (Å²) in [5.41, 5.74) is -0.554. The number of hydrogen-bond donors (Lipinski definition) is 0. The lowest BCUT2D eigenvalue weighted by Crippen LogP contribution is -2.05. The van der Waals surface area contributed by atoms with E-state index in [0.29, 0.717) is 11.8 Å². The molecule has 0 saturated heterocycles. The lowest BCUT2D eigenvalue weighted by atomic mass is 10.1. The molecule has 0 atom stereocenters. The van der Waals surface area contributed by atoms with E-state index in [1.165, 1.54) is 0 Å². The molecular weight excluding hydrogens is 290 g/mol. The second-order valence-electron chi connectivity index (χ2n) is 3.47. The highest BCUT2D eigenvalue weighted by atomic mass is 35.5. The van der Waals surface area contributed by atoms with E-state index < -0.39 is 17.6 Å². The van der Waals surface area contributed by atoms with Crippen molar-refractivity contribution >= 4 is 22.9 Å². The number of thiazole rings is 1. The fourth-order valence-corrected chi connectivity index (χ4v) is 2.42. The summed E-state index contributed by atoms with van der Waals surface area (Å²) < 4.78 is 51.1. The fourth-order valence-electron chi connectivity index (χ4n) is 1.36. The monoisotopic (exact) mass is 295 g/mol. The Kier molecular flexibility index (Phi) is 3.59. The molecule has 1 aromatic carbocycles. The smallest absolute Gasteiger partial charge is 0.240 e. The summed E-state index contributed by atoms with van der Waals surface area (Å²) in [5, 5.41) is 1.77. The van der Waals surface area contributed by atoms with Gasteiger partial charge in [-0.25, -0.2) is 9.37 Å². The van der Waals surface area contributed by atoms with E-state index in [2.05, 4.69) is 4.98 Å². The van der Waals surface area contributed by atoms with E-state index in [1.807, 2.05) is 0 Å². The van der Waals surface area contributed by atoms with Crippen molar-refractivity contribution in [2.45, 2.75) is 12.1 Å². The molecule has 2 rings (SSSR count). The van der Waals surface area contributed by atoms with Crippen molar-refractivity contribution in [2.75, 3.05) is 0 Å². The fraction of sp³-hybridized carbons (Fsp3) is 0.182. The summed E-state index contributed by atoms with van der Waals surface area (Å²) in [6.07, 6.45) is -4.50. The van der Waals surface area contributed by atoms with Crippen molar-refractivity contribution in [3.8, 4) is 10.6 Å². The maximum absolute atomic E-state index is 13.5. The molecule has 0 amide bonds. The van der Waals surface area contributed by atoms with Crippen LogP contribution in [0.2, 0.25) is 0 Å². The average molecular weight is 296 g/mol. The second kappa shape index (κ2) is 4.85. The summed E-state index contributed by atoms with van der Waals surface area (Å²) >= 11 is 6.60. The van der Waals surface area contributed by atoms with Crippen molar-refractivity contribution in [3.05, 3.63) is 40.7 Å². The van der Waals surface area contributed by atoms with Crippen LogP contribution < -0.4 is 0 Å². The summed E-state index contributed by atoms with van der Waals surface area (Å²) in [4.78, 5) is 3.96. The number of hydrogen-bond acceptors (Lipinski definition) is 2. The van der Waals surface area contributed by atoms with Crippen LogP contribution in [-0.2, 0) is 12.1 Å². The third kappa shape index (κ3) is 2.64. The first kappa shape index (κ1) is 13.3. The Balaban J connectivity index is 2.49. The van der Waals surface area contributed by atoms with Crippen LogP contribution >= 0.6 is 22.9 Å². The van der Waals surface area contributed by atoms with Crippen LogP contribution in [0.1, 0.15) is 11.3 Å². The Morgan fingerprint density at radius 1 is 1.28 bits per heavy atom. The second-order valence-corrected chi connectivity index (χ2v) is 4.60. The molecule has 1 heterocycles. The van der Waals surface area contributed by atoms with E-state index in [-0.39, 0.29) is 16.5 Å². The molecule has 0 saturated carbocycles. The van der Waals surface area contributed by atoms with E-state index in [0.717, 1.165) is 23.5 Å². The molecule has 96 valence electrons. The van der Waals surface area contributed by atoms with E-state index >= 15 is 0 Å². The van der Waals surface area contributed by atoms with Gasteiger partial charge in [0, 0.05) is 10.9 Å². The molecule has 0 unspecified atom stereocenters. The molecule has 0 aliphatic carbocycles. The van der Waals surface area contributed by atoms with Crippen LogP contribution in [-0.4, -0.2) is 4.98 Å². The quantitative estimate of drug-likeness (QED) is 0.578. The zero-order valence-electron chi connectivity index (χ0n) is 8.76. The molecule has 0 spiro atoms. The first-order valence-electron chi connectivity index (χ1n) is 4.79. The number of halogens is 5. The third-order valence-electron chi connectivity index (χ3n) is 2.21. The number of nitrogens with zero attached hydrogens (tertiary/aromatic N) is 1. The van der Waals surface area contributed by atoms with Gasteiger partial charge in [0.15, 0.2) is 0 Å². The Morgan fingerprint density at radius 3 is 2.56 bits per heavy atom. The van der Waals surface area contributed by atoms with E-state index in [1.54, 1.807) is 5.38 Å². The number of benzene rings is 1. The van der Waals surface area contributed by atoms with Crippen molar-refractivity contribution in [2.24, 2.45) is 0 Å². The minimum Gasteiger partial charge on any atom is -0.240 e. The first-order valence-corrected chi connectivity index (χ1v) is 6.20. The average Bonchev–Trinajstić information content (AvgIpc) is 2.76. The van der Waals surface area contributed by atoms with Gasteiger partial charge in [0.1, 0.15) is 10.8 Å². The minimum atomic E-state index is -4.50. The number of rotatable bonds is 2. The summed E-state index contributed by atoms with van der Waals surface area (Å²) in [6.45, 7) is 0. The van der Waals surface area contributed by atoms with Crippen molar-refractivity contribution in [1.29, 1.82) is 0 Å². The molecule has 1 nitrogen and oxygen atoms in total. The van der Waals surface area contributed by atoms with Crippen LogP contribution in [0, 0.1) is 5.82 Å². The van der Waals surface area contributed by atoms with Gasteiger partial charge < -0.3 is 0 Å². The maximum atomic E-state index is 13.5. The van der Waals surface area contributed by atoms with E-state index in [9.17, 15) is 17.6 Å². The number of alkyl halides is 4. The van der Waals surface area contributed by atoms with E-state index in [4.69, 9.17) is 11.6 Å². The zero-order valence-corrected chi connectivity index (χ0v) is 10.3. The summed E-state index contributed by atoms with van der Waals surface area (Å²) in [5.74, 6) is -0.602. The lowest BCUT2D eigenvalue weighted by molar-refractivity contribution is -0.137. The Labute approximate surface area is 109 Å². The van der Waals surface area contributed by atoms with Gasteiger partial charge in [-0.15, -0.1) is 22.9 Å². The van der Waals surface area contributed by atoms with Crippen LogP contribution in [0.25, 0.3) is 10.6 Å². The Bertz CT molecular complexity index is 564. The van der Waals surface area contributed by atoms with Crippen molar-refractivity contribution in [3.63, 3.8) is 0 Å². The normalized spacial score (nSPS) is 11.8. The summed E-state index contributed by atoms with van der Waals surface area (Å²) in [6, 6.07) is 2.25. The van der Waals surface area contributed by atoms with Crippen molar-refractivity contribution in [1.82, 2.24) is 4.98 Å². The van der Waals surface area contributed by atoms with Gasteiger partial charge >= 0.3 is 6.18 Å². The molecule has 0 aliphatic heterocycles. The van der Waals surface area contributed by atoms with Gasteiger partial charge in [0.05, 0.1) is 17.1 Å². The van der Waals surface area contributed by atoms with Crippen LogP contribution in [0.15, 0.2) is 23.6 Å². The van der Waals surface area contributed by atoms with Gasteiger partial charge in [-0.2, -0.15) is 13.2 Å². The maximum Gasteiger partial charge on any atom is 0.416 e. The molecule has 1 aromatic heterocycles. The predicted molar refractivity (Wildman–Crippen MR) is 62.1 cm³/mol. The van der Waals surface area contributed by atoms with Gasteiger partial charge in [0.25, 0.3) is 0 Å². The molecule has 0 radical (unpaired) electrons. The van der Waals surface area contributed by atoms with Gasteiger partial charge in [-0.3, -0.25) is 0 Å². The third-order valence-corrected chi connectivity index (χ3v) is 3.41. The first-order chi connectivity index (χ1) is 8.41. The minimum absolute atomic E-state index is 0.136. The van der Waals surface area contributed by atoms with Crippen molar-refractivity contribution < 1.29 is 17.6 Å².